The van der Waals surface area contributed by atoms with Gasteiger partial charge in [-0.2, -0.15) is 0 Å². The topological polar surface area (TPSA) is 78.9 Å². The van der Waals surface area contributed by atoms with E-state index in [0.29, 0.717) is 24.4 Å². The van der Waals surface area contributed by atoms with Crippen LogP contribution in [0, 0.1) is 5.82 Å². The van der Waals surface area contributed by atoms with Crippen LogP contribution in [0.1, 0.15) is 23.5 Å². The molecule has 3 aromatic rings. The molecule has 33 heavy (non-hydrogen) atoms. The van der Waals surface area contributed by atoms with Gasteiger partial charge in [-0.05, 0) is 48.4 Å². The number of ether oxygens (including phenoxy) is 1. The smallest absolute Gasteiger partial charge is 0.311 e. The van der Waals surface area contributed by atoms with Gasteiger partial charge in [-0.1, -0.05) is 54.6 Å². The molecule has 1 amide bonds. The highest BCUT2D eigenvalue weighted by molar-refractivity contribution is 5.99. The molecule has 1 aliphatic heterocycles. The van der Waals surface area contributed by atoms with E-state index in [-0.39, 0.29) is 24.9 Å². The van der Waals surface area contributed by atoms with E-state index in [1.807, 2.05) is 36.4 Å². The lowest BCUT2D eigenvalue weighted by Crippen LogP contribution is -2.48. The van der Waals surface area contributed by atoms with Crippen molar-refractivity contribution in [3.05, 3.63) is 95.8 Å². The molecule has 2 N–H and O–H groups in total. The Morgan fingerprint density at radius 3 is 2.48 bits per heavy atom. The van der Waals surface area contributed by atoms with Gasteiger partial charge in [0.05, 0.1) is 18.2 Å². The fourth-order valence-corrected chi connectivity index (χ4v) is 3.96. The fraction of sp³-hybridized carbons (Fsp3) is 0.231. The molecule has 0 saturated carbocycles. The summed E-state index contributed by atoms with van der Waals surface area (Å²) in [5.41, 5.74) is 2.15. The van der Waals surface area contributed by atoms with Crippen LogP contribution in [-0.4, -0.2) is 36.2 Å². The molecule has 0 fully saturated rings. The quantitative estimate of drug-likeness (QED) is 0.545. The Kier molecular flexibility index (Phi) is 7.00. The van der Waals surface area contributed by atoms with Gasteiger partial charge in [0.1, 0.15) is 24.2 Å². The third-order valence-electron chi connectivity index (χ3n) is 5.70. The molecule has 1 aliphatic rings. The van der Waals surface area contributed by atoms with Crippen LogP contribution in [0.3, 0.4) is 0 Å². The monoisotopic (exact) mass is 448 g/mol. The van der Waals surface area contributed by atoms with Crippen molar-refractivity contribution in [1.29, 1.82) is 0 Å². The van der Waals surface area contributed by atoms with Crippen molar-refractivity contribution in [2.75, 3.05) is 18.1 Å². The standard InChI is InChI=1S/C26H25FN2O4/c27-20-12-10-18(11-13-20)16-29-23-8-4-5-9-24(23)33-17-22(25(29)30)28-15-14-21(26(31)32)19-6-2-1-3-7-19/h1-13,21-22,28H,14-17H2,(H,31,32)/t21-,22-/m0/s1. The third-order valence-corrected chi connectivity index (χ3v) is 5.70. The van der Waals surface area contributed by atoms with Crippen LogP contribution in [0.15, 0.2) is 78.9 Å². The largest absolute Gasteiger partial charge is 0.489 e. The maximum atomic E-state index is 13.5. The zero-order valence-electron chi connectivity index (χ0n) is 18.0. The molecule has 0 aliphatic carbocycles. The van der Waals surface area contributed by atoms with Crippen molar-refractivity contribution in [3.8, 4) is 5.75 Å². The van der Waals surface area contributed by atoms with Crippen LogP contribution in [0.25, 0.3) is 0 Å². The van der Waals surface area contributed by atoms with Gasteiger partial charge >= 0.3 is 5.97 Å². The van der Waals surface area contributed by atoms with E-state index >= 15 is 0 Å². The molecule has 0 aromatic heterocycles. The molecule has 1 heterocycles. The first kappa shape index (κ1) is 22.5. The Morgan fingerprint density at radius 1 is 1.06 bits per heavy atom. The molecule has 170 valence electrons. The van der Waals surface area contributed by atoms with E-state index < -0.39 is 17.9 Å². The van der Waals surface area contributed by atoms with Crippen molar-refractivity contribution in [2.45, 2.75) is 24.9 Å². The van der Waals surface area contributed by atoms with Crippen LogP contribution >= 0.6 is 0 Å². The lowest BCUT2D eigenvalue weighted by atomic mass is 9.96. The van der Waals surface area contributed by atoms with Gasteiger partial charge in [0.2, 0.25) is 5.91 Å². The number of carboxylic acids is 1. The molecule has 7 heteroatoms. The SMILES string of the molecule is O=C(O)[C@@H](CCN[C@H]1COc2ccccc2N(Cc2ccc(F)cc2)C1=O)c1ccccc1. The summed E-state index contributed by atoms with van der Waals surface area (Å²) in [5, 5.41) is 12.8. The number of aliphatic carboxylic acids is 1. The van der Waals surface area contributed by atoms with Gasteiger partial charge in [-0.15, -0.1) is 0 Å². The number of hydrogen-bond donors (Lipinski definition) is 2. The van der Waals surface area contributed by atoms with Crippen molar-refractivity contribution in [3.63, 3.8) is 0 Å². The van der Waals surface area contributed by atoms with Crippen molar-refractivity contribution in [1.82, 2.24) is 5.32 Å². The molecular formula is C26H25FN2O4. The maximum Gasteiger partial charge on any atom is 0.311 e. The second kappa shape index (κ2) is 10.3. The number of nitrogens with one attached hydrogen (secondary N) is 1. The minimum absolute atomic E-state index is 0.124. The summed E-state index contributed by atoms with van der Waals surface area (Å²) in [5.74, 6) is -1.51. The Balaban J connectivity index is 1.49. The number of rotatable bonds is 8. The minimum Gasteiger partial charge on any atom is -0.489 e. The first-order chi connectivity index (χ1) is 16.0. The van der Waals surface area contributed by atoms with E-state index in [9.17, 15) is 19.1 Å². The highest BCUT2D eigenvalue weighted by Gasteiger charge is 2.31. The third kappa shape index (κ3) is 5.38. The van der Waals surface area contributed by atoms with Gasteiger partial charge < -0.3 is 20.1 Å². The summed E-state index contributed by atoms with van der Waals surface area (Å²) in [4.78, 5) is 26.9. The summed E-state index contributed by atoms with van der Waals surface area (Å²) in [6.07, 6.45) is 0.327. The van der Waals surface area contributed by atoms with E-state index in [2.05, 4.69) is 5.32 Å². The van der Waals surface area contributed by atoms with Gasteiger partial charge in [-0.25, -0.2) is 4.39 Å². The van der Waals surface area contributed by atoms with Crippen LogP contribution in [0.4, 0.5) is 10.1 Å². The molecule has 0 spiro atoms. The van der Waals surface area contributed by atoms with E-state index in [1.54, 1.807) is 35.2 Å². The number of fused-ring (bicyclic) bond motifs is 1. The molecule has 3 aromatic carbocycles. The van der Waals surface area contributed by atoms with Gasteiger partial charge in [0.25, 0.3) is 0 Å². The van der Waals surface area contributed by atoms with Crippen LogP contribution < -0.4 is 15.0 Å². The molecule has 2 atom stereocenters. The second-order valence-corrected chi connectivity index (χ2v) is 7.93. The van der Waals surface area contributed by atoms with Crippen LogP contribution in [0.2, 0.25) is 0 Å². The van der Waals surface area contributed by atoms with Crippen LogP contribution in [0.5, 0.6) is 5.75 Å². The summed E-state index contributed by atoms with van der Waals surface area (Å²) in [6, 6.07) is 21.7. The molecular weight excluding hydrogens is 423 g/mol. The van der Waals surface area contributed by atoms with Gasteiger partial charge in [-0.3, -0.25) is 9.59 Å². The number of hydrogen-bond acceptors (Lipinski definition) is 4. The van der Waals surface area contributed by atoms with E-state index in [1.165, 1.54) is 12.1 Å². The number of carboxylic acid groups (broad SMARTS) is 1. The Hall–Kier alpha value is -3.71. The zero-order valence-corrected chi connectivity index (χ0v) is 18.0. The predicted octanol–water partition coefficient (Wildman–Crippen LogP) is 3.97. The number of carbonyl (C=O) groups is 2. The van der Waals surface area contributed by atoms with Crippen LogP contribution in [-0.2, 0) is 16.1 Å². The first-order valence-electron chi connectivity index (χ1n) is 10.8. The molecule has 0 radical (unpaired) electrons. The Labute approximate surface area is 191 Å². The number of carbonyl (C=O) groups excluding carboxylic acids is 1. The lowest BCUT2D eigenvalue weighted by Gasteiger charge is -2.25. The molecule has 6 nitrogen and oxygen atoms in total. The number of anilines is 1. The summed E-state index contributed by atoms with van der Waals surface area (Å²) < 4.78 is 19.2. The summed E-state index contributed by atoms with van der Waals surface area (Å²) in [6.45, 7) is 0.713. The lowest BCUT2D eigenvalue weighted by molar-refractivity contribution is -0.138. The fourth-order valence-electron chi connectivity index (χ4n) is 3.96. The first-order valence-corrected chi connectivity index (χ1v) is 10.8. The number of amides is 1. The van der Waals surface area contributed by atoms with E-state index in [4.69, 9.17) is 4.74 Å². The average molecular weight is 448 g/mol. The van der Waals surface area contributed by atoms with Crippen molar-refractivity contribution >= 4 is 17.6 Å². The predicted molar refractivity (Wildman–Crippen MR) is 123 cm³/mol. The van der Waals surface area contributed by atoms with Crippen molar-refractivity contribution < 1.29 is 23.8 Å². The highest BCUT2D eigenvalue weighted by atomic mass is 19.1. The summed E-state index contributed by atoms with van der Waals surface area (Å²) >= 11 is 0. The second-order valence-electron chi connectivity index (χ2n) is 7.93. The van der Waals surface area contributed by atoms with Crippen molar-refractivity contribution in [2.24, 2.45) is 0 Å². The van der Waals surface area contributed by atoms with E-state index in [0.717, 1.165) is 11.1 Å². The number of benzene rings is 3. The number of para-hydroxylation sites is 2. The maximum absolute atomic E-state index is 13.5. The minimum atomic E-state index is -0.906. The normalized spacial score (nSPS) is 16.5. The number of nitrogens with zero attached hydrogens (tertiary/aromatic N) is 1. The summed E-state index contributed by atoms with van der Waals surface area (Å²) in [7, 11) is 0. The molecule has 0 unspecified atom stereocenters. The zero-order chi connectivity index (χ0) is 23.2. The average Bonchev–Trinajstić information content (AvgIpc) is 2.95. The van der Waals surface area contributed by atoms with Gasteiger partial charge in [0.15, 0.2) is 0 Å². The Morgan fingerprint density at radius 2 is 1.76 bits per heavy atom. The molecule has 0 saturated heterocycles. The van der Waals surface area contributed by atoms with Gasteiger partial charge in [0, 0.05) is 0 Å². The molecule has 0 bridgehead atoms. The molecule has 4 rings (SSSR count). The highest BCUT2D eigenvalue weighted by Crippen LogP contribution is 2.32. The number of halogens is 1. The Bertz CT molecular complexity index is 1100.